The van der Waals surface area contributed by atoms with Crippen molar-refractivity contribution in [3.63, 3.8) is 0 Å². The Bertz CT molecular complexity index is 650. The number of para-hydroxylation sites is 1. The number of fused-ring (bicyclic) bond motifs is 1. The number of nitrogens with zero attached hydrogens (tertiary/aromatic N) is 1. The third-order valence-electron chi connectivity index (χ3n) is 5.02. The Morgan fingerprint density at radius 3 is 2.77 bits per heavy atom. The molecule has 4 rings (SSSR count). The number of hydrogen-bond acceptors (Lipinski definition) is 3. The average Bonchev–Trinajstić information content (AvgIpc) is 2.52. The normalized spacial score (nSPS) is 26.7. The SMILES string of the molecule is Cc1cccc2c1OCC[C@H]2NC1CC(c2ccncc2)C1. The first kappa shape index (κ1) is 13.8. The molecule has 1 aromatic carbocycles. The molecule has 0 bridgehead atoms. The highest BCUT2D eigenvalue weighted by Gasteiger charge is 2.33. The summed E-state index contributed by atoms with van der Waals surface area (Å²) in [6.45, 7) is 2.94. The van der Waals surface area contributed by atoms with Crippen LogP contribution in [0.4, 0.5) is 0 Å². The van der Waals surface area contributed by atoms with Gasteiger partial charge >= 0.3 is 0 Å². The summed E-state index contributed by atoms with van der Waals surface area (Å²) in [6.07, 6.45) is 7.30. The quantitative estimate of drug-likeness (QED) is 0.936. The molecule has 0 spiro atoms. The van der Waals surface area contributed by atoms with Crippen molar-refractivity contribution in [1.29, 1.82) is 0 Å². The molecule has 3 heteroatoms. The lowest BCUT2D eigenvalue weighted by atomic mass is 9.75. The first-order valence-corrected chi connectivity index (χ1v) is 8.19. The number of pyridine rings is 1. The number of aromatic nitrogens is 1. The molecule has 22 heavy (non-hydrogen) atoms. The summed E-state index contributed by atoms with van der Waals surface area (Å²) in [5, 5.41) is 3.84. The lowest BCUT2D eigenvalue weighted by molar-refractivity contribution is 0.209. The Labute approximate surface area is 131 Å². The van der Waals surface area contributed by atoms with Crippen LogP contribution in [0.2, 0.25) is 0 Å². The van der Waals surface area contributed by atoms with Gasteiger partial charge in [0.2, 0.25) is 0 Å². The van der Waals surface area contributed by atoms with Crippen LogP contribution in [0.3, 0.4) is 0 Å². The molecule has 2 aliphatic rings. The molecule has 1 aliphatic carbocycles. The van der Waals surface area contributed by atoms with Gasteiger partial charge in [0, 0.05) is 36.5 Å². The highest BCUT2D eigenvalue weighted by Crippen LogP contribution is 2.40. The molecule has 0 saturated heterocycles. The van der Waals surface area contributed by atoms with Crippen LogP contribution < -0.4 is 10.1 Å². The standard InChI is InChI=1S/C19H22N2O/c1-13-3-2-4-17-18(7-10-22-19(13)17)21-16-11-15(12-16)14-5-8-20-9-6-14/h2-6,8-9,15-16,18,21H,7,10-12H2,1H3/t15?,16?,18-/m1/s1. The summed E-state index contributed by atoms with van der Waals surface area (Å²) in [5.41, 5.74) is 4.00. The van der Waals surface area contributed by atoms with Crippen molar-refractivity contribution in [1.82, 2.24) is 10.3 Å². The van der Waals surface area contributed by atoms with E-state index in [0.717, 1.165) is 18.8 Å². The maximum Gasteiger partial charge on any atom is 0.126 e. The first-order chi connectivity index (χ1) is 10.8. The largest absolute Gasteiger partial charge is 0.493 e. The predicted molar refractivity (Wildman–Crippen MR) is 87.2 cm³/mol. The molecule has 0 amide bonds. The summed E-state index contributed by atoms with van der Waals surface area (Å²) in [7, 11) is 0. The number of aryl methyl sites for hydroxylation is 1. The van der Waals surface area contributed by atoms with E-state index in [4.69, 9.17) is 4.74 Å². The number of rotatable bonds is 3. The second-order valence-electron chi connectivity index (χ2n) is 6.50. The third kappa shape index (κ3) is 2.50. The molecule has 3 nitrogen and oxygen atoms in total. The van der Waals surface area contributed by atoms with E-state index >= 15 is 0 Å². The van der Waals surface area contributed by atoms with Crippen LogP contribution in [0.1, 0.15) is 47.9 Å². The zero-order chi connectivity index (χ0) is 14.9. The van der Waals surface area contributed by atoms with Gasteiger partial charge in [-0.05, 0) is 48.9 Å². The van der Waals surface area contributed by atoms with Gasteiger partial charge in [0.05, 0.1) is 6.61 Å². The van der Waals surface area contributed by atoms with Crippen molar-refractivity contribution < 1.29 is 4.74 Å². The van der Waals surface area contributed by atoms with Crippen LogP contribution in [0, 0.1) is 6.92 Å². The molecule has 114 valence electrons. The maximum absolute atomic E-state index is 5.86. The van der Waals surface area contributed by atoms with Crippen molar-refractivity contribution in [2.24, 2.45) is 0 Å². The van der Waals surface area contributed by atoms with E-state index < -0.39 is 0 Å². The van der Waals surface area contributed by atoms with Gasteiger partial charge in [-0.3, -0.25) is 4.98 Å². The Hall–Kier alpha value is -1.87. The lowest BCUT2D eigenvalue weighted by Crippen LogP contribution is -2.43. The Kier molecular flexibility index (Phi) is 3.59. The zero-order valence-corrected chi connectivity index (χ0v) is 13.0. The van der Waals surface area contributed by atoms with Gasteiger partial charge in [-0.2, -0.15) is 0 Å². The minimum absolute atomic E-state index is 0.437. The van der Waals surface area contributed by atoms with Gasteiger partial charge in [-0.1, -0.05) is 18.2 Å². The minimum atomic E-state index is 0.437. The second kappa shape index (κ2) is 5.73. The number of ether oxygens (including phenoxy) is 1. The third-order valence-corrected chi connectivity index (χ3v) is 5.02. The van der Waals surface area contributed by atoms with Crippen molar-refractivity contribution >= 4 is 0 Å². The van der Waals surface area contributed by atoms with E-state index in [9.17, 15) is 0 Å². The fourth-order valence-corrected chi connectivity index (χ4v) is 3.70. The zero-order valence-electron chi connectivity index (χ0n) is 13.0. The molecular weight excluding hydrogens is 272 g/mol. The maximum atomic E-state index is 5.86. The van der Waals surface area contributed by atoms with Crippen molar-refractivity contribution in [2.45, 2.75) is 44.2 Å². The van der Waals surface area contributed by atoms with Crippen LogP contribution in [-0.4, -0.2) is 17.6 Å². The highest BCUT2D eigenvalue weighted by molar-refractivity contribution is 5.44. The first-order valence-electron chi connectivity index (χ1n) is 8.19. The van der Waals surface area contributed by atoms with Gasteiger partial charge in [-0.15, -0.1) is 0 Å². The number of benzene rings is 1. The fourth-order valence-electron chi connectivity index (χ4n) is 3.70. The summed E-state index contributed by atoms with van der Waals surface area (Å²) >= 11 is 0. The molecule has 1 aromatic heterocycles. The minimum Gasteiger partial charge on any atom is -0.493 e. The van der Waals surface area contributed by atoms with Gasteiger partial charge in [-0.25, -0.2) is 0 Å². The highest BCUT2D eigenvalue weighted by atomic mass is 16.5. The van der Waals surface area contributed by atoms with E-state index in [1.54, 1.807) is 0 Å². The van der Waals surface area contributed by atoms with Gasteiger partial charge in [0.1, 0.15) is 5.75 Å². The van der Waals surface area contributed by atoms with Gasteiger partial charge in [0.25, 0.3) is 0 Å². The van der Waals surface area contributed by atoms with E-state index in [0.29, 0.717) is 18.0 Å². The predicted octanol–water partition coefficient (Wildman–Crippen LogP) is 3.75. The molecule has 1 saturated carbocycles. The Morgan fingerprint density at radius 2 is 1.95 bits per heavy atom. The van der Waals surface area contributed by atoms with Crippen molar-refractivity contribution in [2.75, 3.05) is 6.61 Å². The second-order valence-corrected chi connectivity index (χ2v) is 6.50. The monoisotopic (exact) mass is 294 g/mol. The summed E-state index contributed by atoms with van der Waals surface area (Å²) < 4.78 is 5.86. The summed E-state index contributed by atoms with van der Waals surface area (Å²) in [4.78, 5) is 4.10. The van der Waals surface area contributed by atoms with E-state index in [2.05, 4.69) is 47.6 Å². The molecule has 1 N–H and O–H groups in total. The Balaban J connectivity index is 1.41. The topological polar surface area (TPSA) is 34.1 Å². The van der Waals surface area contributed by atoms with E-state index in [-0.39, 0.29) is 0 Å². The van der Waals surface area contributed by atoms with Crippen molar-refractivity contribution in [3.05, 3.63) is 59.4 Å². The van der Waals surface area contributed by atoms with E-state index in [1.165, 1.54) is 29.5 Å². The molecular formula is C19H22N2O. The van der Waals surface area contributed by atoms with E-state index in [1.807, 2.05) is 12.4 Å². The molecule has 1 aliphatic heterocycles. The van der Waals surface area contributed by atoms with Gasteiger partial charge < -0.3 is 10.1 Å². The van der Waals surface area contributed by atoms with Crippen LogP contribution in [-0.2, 0) is 0 Å². The van der Waals surface area contributed by atoms with Crippen LogP contribution >= 0.6 is 0 Å². The van der Waals surface area contributed by atoms with Crippen LogP contribution in [0.15, 0.2) is 42.7 Å². The molecule has 1 atom stereocenters. The number of nitrogens with one attached hydrogen (secondary N) is 1. The summed E-state index contributed by atoms with van der Waals surface area (Å²) in [5.74, 6) is 1.79. The smallest absolute Gasteiger partial charge is 0.126 e. The fraction of sp³-hybridized carbons (Fsp3) is 0.421. The van der Waals surface area contributed by atoms with Crippen LogP contribution in [0.5, 0.6) is 5.75 Å². The molecule has 0 unspecified atom stereocenters. The Morgan fingerprint density at radius 1 is 1.14 bits per heavy atom. The molecule has 2 aromatic rings. The average molecular weight is 294 g/mol. The summed E-state index contributed by atoms with van der Waals surface area (Å²) in [6, 6.07) is 11.8. The molecule has 1 fully saturated rings. The molecule has 0 radical (unpaired) electrons. The van der Waals surface area contributed by atoms with Crippen LogP contribution in [0.25, 0.3) is 0 Å². The van der Waals surface area contributed by atoms with Gasteiger partial charge in [0.15, 0.2) is 0 Å². The van der Waals surface area contributed by atoms with Crippen molar-refractivity contribution in [3.8, 4) is 5.75 Å². The lowest BCUT2D eigenvalue weighted by Gasteiger charge is -2.40. The molecule has 2 heterocycles. The number of hydrogen-bond donors (Lipinski definition) is 1.